The topological polar surface area (TPSA) is 32.6 Å². The van der Waals surface area contributed by atoms with Crippen LogP contribution < -0.4 is 10.2 Å². The van der Waals surface area contributed by atoms with E-state index in [0.717, 1.165) is 17.6 Å². The number of pyridine rings is 1. The Morgan fingerprint density at radius 3 is 3.05 bits per heavy atom. The molecule has 2 aromatic rings. The molecule has 1 saturated carbocycles. The number of hydrogen-bond donors (Lipinski definition) is 1. The van der Waals surface area contributed by atoms with Gasteiger partial charge in [-0.1, -0.05) is 6.07 Å². The van der Waals surface area contributed by atoms with E-state index in [9.17, 15) is 0 Å². The Kier molecular flexibility index (Phi) is 3.11. The summed E-state index contributed by atoms with van der Waals surface area (Å²) in [5, 5.41) is 3.54. The smallest absolute Gasteiger partial charge is 0.138 e. The third kappa shape index (κ3) is 2.29. The standard InChI is InChI=1S/C16H22N4/c1-4-15-18-9-10-19(15)16(5-1)20(14-6-7-14)12-13-3-2-8-17-11-13/h1,4-5,9-10,13-14,17H,2-3,6-8,11-12H2. The van der Waals surface area contributed by atoms with Gasteiger partial charge < -0.3 is 10.2 Å². The average molecular weight is 270 g/mol. The molecule has 2 aliphatic rings. The van der Waals surface area contributed by atoms with Crippen molar-refractivity contribution in [2.24, 2.45) is 5.92 Å². The Hall–Kier alpha value is -1.55. The van der Waals surface area contributed by atoms with Crippen LogP contribution in [0.25, 0.3) is 5.65 Å². The number of fused-ring (bicyclic) bond motifs is 1. The minimum atomic E-state index is 0.741. The summed E-state index contributed by atoms with van der Waals surface area (Å²) in [6.45, 7) is 3.54. The molecule has 2 aromatic heterocycles. The summed E-state index contributed by atoms with van der Waals surface area (Å²) in [7, 11) is 0. The van der Waals surface area contributed by atoms with Crippen LogP contribution in [0, 0.1) is 5.92 Å². The number of nitrogens with zero attached hydrogens (tertiary/aromatic N) is 3. The first-order chi connectivity index (χ1) is 9.92. The van der Waals surface area contributed by atoms with E-state index in [1.54, 1.807) is 0 Å². The van der Waals surface area contributed by atoms with Gasteiger partial charge in [-0.05, 0) is 56.8 Å². The quantitative estimate of drug-likeness (QED) is 0.925. The Labute approximate surface area is 119 Å². The molecule has 0 bridgehead atoms. The molecule has 1 aliphatic carbocycles. The SMILES string of the molecule is c1cc(N(CC2CCCNC2)C2CC2)n2ccnc2c1. The second-order valence-corrected chi connectivity index (χ2v) is 6.14. The van der Waals surface area contributed by atoms with E-state index in [0.29, 0.717) is 0 Å². The van der Waals surface area contributed by atoms with Crippen molar-refractivity contribution in [1.82, 2.24) is 14.7 Å². The number of hydrogen-bond acceptors (Lipinski definition) is 3. The lowest BCUT2D eigenvalue weighted by Gasteiger charge is -2.32. The highest BCUT2D eigenvalue weighted by atomic mass is 15.3. The highest BCUT2D eigenvalue weighted by Gasteiger charge is 2.32. The zero-order valence-electron chi connectivity index (χ0n) is 11.8. The van der Waals surface area contributed by atoms with Gasteiger partial charge in [-0.2, -0.15) is 0 Å². The van der Waals surface area contributed by atoms with Gasteiger partial charge in [0.15, 0.2) is 0 Å². The number of piperidine rings is 1. The fourth-order valence-electron chi connectivity index (χ4n) is 3.34. The maximum Gasteiger partial charge on any atom is 0.138 e. The largest absolute Gasteiger partial charge is 0.354 e. The summed E-state index contributed by atoms with van der Waals surface area (Å²) in [5.74, 6) is 2.09. The molecule has 4 rings (SSSR count). The van der Waals surface area contributed by atoms with Gasteiger partial charge in [-0.3, -0.25) is 4.40 Å². The van der Waals surface area contributed by atoms with Crippen molar-refractivity contribution in [3.05, 3.63) is 30.6 Å². The van der Waals surface area contributed by atoms with Crippen LogP contribution in [-0.2, 0) is 0 Å². The maximum absolute atomic E-state index is 4.41. The van der Waals surface area contributed by atoms with Crippen molar-refractivity contribution in [3.8, 4) is 0 Å². The van der Waals surface area contributed by atoms with Crippen LogP contribution >= 0.6 is 0 Å². The van der Waals surface area contributed by atoms with Crippen molar-refractivity contribution in [3.63, 3.8) is 0 Å². The monoisotopic (exact) mass is 270 g/mol. The predicted molar refractivity (Wildman–Crippen MR) is 81.2 cm³/mol. The lowest BCUT2D eigenvalue weighted by atomic mass is 9.99. The molecule has 1 saturated heterocycles. The van der Waals surface area contributed by atoms with Gasteiger partial charge in [-0.15, -0.1) is 0 Å². The highest BCUT2D eigenvalue weighted by Crippen LogP contribution is 2.33. The van der Waals surface area contributed by atoms with Crippen molar-refractivity contribution in [1.29, 1.82) is 0 Å². The van der Waals surface area contributed by atoms with E-state index < -0.39 is 0 Å². The lowest BCUT2D eigenvalue weighted by molar-refractivity contribution is 0.375. The van der Waals surface area contributed by atoms with Crippen LogP contribution in [0.1, 0.15) is 25.7 Å². The van der Waals surface area contributed by atoms with E-state index in [1.807, 2.05) is 6.20 Å². The molecular weight excluding hydrogens is 248 g/mol. The van der Waals surface area contributed by atoms with Crippen LogP contribution in [0.15, 0.2) is 30.6 Å². The number of rotatable bonds is 4. The molecule has 0 amide bonds. The average Bonchev–Trinajstić information content (AvgIpc) is 3.22. The van der Waals surface area contributed by atoms with Crippen molar-refractivity contribution in [2.45, 2.75) is 31.7 Å². The number of aromatic nitrogens is 2. The first kappa shape index (κ1) is 12.2. The van der Waals surface area contributed by atoms with Gasteiger partial charge in [0.2, 0.25) is 0 Å². The zero-order chi connectivity index (χ0) is 13.4. The van der Waals surface area contributed by atoms with Gasteiger partial charge in [0, 0.05) is 25.0 Å². The molecule has 0 spiro atoms. The Morgan fingerprint density at radius 1 is 1.30 bits per heavy atom. The van der Waals surface area contributed by atoms with Crippen molar-refractivity contribution >= 4 is 11.5 Å². The Bertz CT molecular complexity index is 581. The van der Waals surface area contributed by atoms with Crippen LogP contribution in [0.3, 0.4) is 0 Å². The molecule has 1 unspecified atom stereocenters. The van der Waals surface area contributed by atoms with Gasteiger partial charge in [0.1, 0.15) is 11.5 Å². The molecule has 2 fully saturated rings. The van der Waals surface area contributed by atoms with Crippen LogP contribution in [0.2, 0.25) is 0 Å². The predicted octanol–water partition coefficient (Wildman–Crippen LogP) is 2.30. The van der Waals surface area contributed by atoms with Crippen LogP contribution in [0.4, 0.5) is 5.82 Å². The number of imidazole rings is 1. The fourth-order valence-corrected chi connectivity index (χ4v) is 3.34. The van der Waals surface area contributed by atoms with Gasteiger partial charge >= 0.3 is 0 Å². The molecular formula is C16H22N4. The summed E-state index contributed by atoms with van der Waals surface area (Å²) in [6.07, 6.45) is 9.33. The minimum absolute atomic E-state index is 0.741. The van der Waals surface area contributed by atoms with Crippen LogP contribution in [-0.4, -0.2) is 35.1 Å². The normalized spacial score (nSPS) is 23.1. The molecule has 3 heterocycles. The van der Waals surface area contributed by atoms with Gasteiger partial charge in [0.05, 0.1) is 0 Å². The zero-order valence-corrected chi connectivity index (χ0v) is 11.8. The second kappa shape index (κ2) is 5.09. The lowest BCUT2D eigenvalue weighted by Crippen LogP contribution is -2.40. The Balaban J connectivity index is 1.63. The van der Waals surface area contributed by atoms with Gasteiger partial charge in [-0.25, -0.2) is 4.98 Å². The number of anilines is 1. The molecule has 0 radical (unpaired) electrons. The van der Waals surface area contributed by atoms with Crippen LogP contribution in [0.5, 0.6) is 0 Å². The molecule has 4 nitrogen and oxygen atoms in total. The third-order valence-corrected chi connectivity index (χ3v) is 4.54. The Morgan fingerprint density at radius 2 is 2.25 bits per heavy atom. The molecule has 1 atom stereocenters. The molecule has 0 aromatic carbocycles. The first-order valence-electron chi connectivity index (χ1n) is 7.81. The van der Waals surface area contributed by atoms with E-state index >= 15 is 0 Å². The maximum atomic E-state index is 4.41. The highest BCUT2D eigenvalue weighted by molar-refractivity contribution is 5.52. The van der Waals surface area contributed by atoms with E-state index in [-0.39, 0.29) is 0 Å². The molecule has 1 aliphatic heterocycles. The van der Waals surface area contributed by atoms with Gasteiger partial charge in [0.25, 0.3) is 0 Å². The molecule has 1 N–H and O–H groups in total. The minimum Gasteiger partial charge on any atom is -0.354 e. The number of nitrogens with one attached hydrogen (secondary N) is 1. The summed E-state index contributed by atoms with van der Waals surface area (Å²) >= 11 is 0. The molecule has 106 valence electrons. The molecule has 4 heteroatoms. The molecule has 20 heavy (non-hydrogen) atoms. The van der Waals surface area contributed by atoms with Crippen molar-refractivity contribution in [2.75, 3.05) is 24.5 Å². The third-order valence-electron chi connectivity index (χ3n) is 4.54. The van der Waals surface area contributed by atoms with Crippen molar-refractivity contribution < 1.29 is 0 Å². The summed E-state index contributed by atoms with van der Waals surface area (Å²) in [6, 6.07) is 7.19. The second-order valence-electron chi connectivity index (χ2n) is 6.14. The summed E-state index contributed by atoms with van der Waals surface area (Å²) in [4.78, 5) is 7.03. The summed E-state index contributed by atoms with van der Waals surface area (Å²) in [5.41, 5.74) is 1.05. The van der Waals surface area contributed by atoms with E-state index in [1.165, 1.54) is 51.1 Å². The summed E-state index contributed by atoms with van der Waals surface area (Å²) < 4.78 is 2.23. The first-order valence-corrected chi connectivity index (χ1v) is 7.81. The van der Waals surface area contributed by atoms with E-state index in [4.69, 9.17) is 0 Å². The fraction of sp³-hybridized carbons (Fsp3) is 0.562. The van der Waals surface area contributed by atoms with E-state index in [2.05, 4.69) is 44.0 Å².